The molecule has 2 N–H and O–H groups in total. The number of amides is 2. The van der Waals surface area contributed by atoms with Gasteiger partial charge in [-0.1, -0.05) is 30.3 Å². The molecule has 0 aliphatic carbocycles. The van der Waals surface area contributed by atoms with E-state index in [0.717, 1.165) is 5.56 Å². The molecule has 0 aromatic heterocycles. The molecule has 0 saturated heterocycles. The first-order valence-corrected chi connectivity index (χ1v) is 5.05. The summed E-state index contributed by atoms with van der Waals surface area (Å²) in [6.07, 6.45) is 0. The van der Waals surface area contributed by atoms with Crippen molar-refractivity contribution in [3.8, 4) is 6.07 Å². The Balaban J connectivity index is 2.40. The number of carbonyl (C=O) groups is 1. The van der Waals surface area contributed by atoms with Crippen LogP contribution in [0.5, 0.6) is 0 Å². The Hall–Kier alpha value is -2.02. The summed E-state index contributed by atoms with van der Waals surface area (Å²) in [5.74, 6) is 0. The molecule has 0 atom stereocenters. The third kappa shape index (κ3) is 4.01. The van der Waals surface area contributed by atoms with Gasteiger partial charge in [-0.05, 0) is 19.4 Å². The van der Waals surface area contributed by atoms with E-state index in [1.807, 2.05) is 36.4 Å². The maximum Gasteiger partial charge on any atom is 0.316 e. The highest BCUT2D eigenvalue weighted by molar-refractivity contribution is 5.75. The summed E-state index contributed by atoms with van der Waals surface area (Å²) in [4.78, 5) is 11.4. The Bertz CT molecular complexity index is 392. The average Bonchev–Trinajstić information content (AvgIpc) is 2.27. The van der Waals surface area contributed by atoms with Crippen molar-refractivity contribution in [3.63, 3.8) is 0 Å². The van der Waals surface area contributed by atoms with Gasteiger partial charge in [-0.25, -0.2) is 4.79 Å². The minimum Gasteiger partial charge on any atom is -0.334 e. The van der Waals surface area contributed by atoms with Gasteiger partial charge in [0.05, 0.1) is 6.07 Å². The molecule has 4 nitrogen and oxygen atoms in total. The molecule has 1 aromatic rings. The first-order valence-electron chi connectivity index (χ1n) is 5.05. The second-order valence-corrected chi connectivity index (χ2v) is 4.03. The van der Waals surface area contributed by atoms with E-state index in [2.05, 4.69) is 10.6 Å². The van der Waals surface area contributed by atoms with Crippen LogP contribution >= 0.6 is 0 Å². The predicted octanol–water partition coefficient (Wildman–Crippen LogP) is 1.79. The molecular formula is C12H15N3O. The monoisotopic (exact) mass is 217 g/mol. The number of benzene rings is 1. The van der Waals surface area contributed by atoms with Crippen LogP contribution in [0.15, 0.2) is 30.3 Å². The SMILES string of the molecule is CC(C)(C#N)NC(=O)NCc1ccccc1. The molecule has 1 rings (SSSR count). The van der Waals surface area contributed by atoms with Gasteiger partial charge in [0.1, 0.15) is 5.54 Å². The fourth-order valence-corrected chi connectivity index (χ4v) is 1.13. The summed E-state index contributed by atoms with van der Waals surface area (Å²) in [6, 6.07) is 11.3. The average molecular weight is 217 g/mol. The minimum absolute atomic E-state index is 0.338. The molecule has 0 spiro atoms. The highest BCUT2D eigenvalue weighted by Crippen LogP contribution is 1.99. The lowest BCUT2D eigenvalue weighted by Crippen LogP contribution is -2.47. The van der Waals surface area contributed by atoms with Gasteiger partial charge in [0.25, 0.3) is 0 Å². The van der Waals surface area contributed by atoms with Crippen LogP contribution in [0.1, 0.15) is 19.4 Å². The van der Waals surface area contributed by atoms with Crippen molar-refractivity contribution in [2.75, 3.05) is 0 Å². The Morgan fingerprint density at radius 1 is 1.38 bits per heavy atom. The number of hydrogen-bond donors (Lipinski definition) is 2. The van der Waals surface area contributed by atoms with Crippen molar-refractivity contribution in [3.05, 3.63) is 35.9 Å². The number of urea groups is 1. The second kappa shape index (κ2) is 5.17. The van der Waals surface area contributed by atoms with Gasteiger partial charge >= 0.3 is 6.03 Å². The minimum atomic E-state index is -0.846. The topological polar surface area (TPSA) is 64.9 Å². The summed E-state index contributed by atoms with van der Waals surface area (Å²) in [7, 11) is 0. The molecule has 16 heavy (non-hydrogen) atoms. The van der Waals surface area contributed by atoms with E-state index in [-0.39, 0.29) is 6.03 Å². The van der Waals surface area contributed by atoms with Crippen LogP contribution in [0.2, 0.25) is 0 Å². The third-order valence-corrected chi connectivity index (χ3v) is 2.00. The summed E-state index contributed by atoms with van der Waals surface area (Å²) in [5.41, 5.74) is 0.174. The van der Waals surface area contributed by atoms with Crippen molar-refractivity contribution in [2.45, 2.75) is 25.9 Å². The van der Waals surface area contributed by atoms with E-state index < -0.39 is 5.54 Å². The lowest BCUT2D eigenvalue weighted by Gasteiger charge is -2.17. The quantitative estimate of drug-likeness (QED) is 0.810. The molecule has 4 heteroatoms. The summed E-state index contributed by atoms with van der Waals surface area (Å²) >= 11 is 0. The standard InChI is InChI=1S/C12H15N3O/c1-12(2,9-13)15-11(16)14-8-10-6-4-3-5-7-10/h3-7H,8H2,1-2H3,(H2,14,15,16). The number of hydrogen-bond acceptors (Lipinski definition) is 2. The number of nitrogens with zero attached hydrogens (tertiary/aromatic N) is 1. The fraction of sp³-hybridized carbons (Fsp3) is 0.333. The van der Waals surface area contributed by atoms with Crippen LogP contribution in [0, 0.1) is 11.3 Å². The molecule has 1 aromatic carbocycles. The third-order valence-electron chi connectivity index (χ3n) is 2.00. The predicted molar refractivity (Wildman–Crippen MR) is 61.5 cm³/mol. The van der Waals surface area contributed by atoms with Gasteiger partial charge in [0.2, 0.25) is 0 Å². The molecule has 0 unspecified atom stereocenters. The maximum absolute atomic E-state index is 11.4. The summed E-state index contributed by atoms with van der Waals surface area (Å²) < 4.78 is 0. The van der Waals surface area contributed by atoms with Gasteiger partial charge in [0, 0.05) is 6.54 Å². The molecule has 84 valence electrons. The molecular weight excluding hydrogens is 202 g/mol. The van der Waals surface area contributed by atoms with E-state index in [9.17, 15) is 4.79 Å². The molecule has 0 radical (unpaired) electrons. The van der Waals surface area contributed by atoms with Gasteiger partial charge in [-0.3, -0.25) is 0 Å². The van der Waals surface area contributed by atoms with Crippen molar-refractivity contribution in [1.82, 2.24) is 10.6 Å². The van der Waals surface area contributed by atoms with Crippen LogP contribution in [-0.2, 0) is 6.54 Å². The Kier molecular flexibility index (Phi) is 3.90. The molecule has 0 fully saturated rings. The van der Waals surface area contributed by atoms with Gasteiger partial charge in [0.15, 0.2) is 0 Å². The van der Waals surface area contributed by atoms with E-state index in [1.54, 1.807) is 13.8 Å². The zero-order chi connectivity index (χ0) is 12.0. The zero-order valence-electron chi connectivity index (χ0n) is 9.45. The number of nitrogens with one attached hydrogen (secondary N) is 2. The van der Waals surface area contributed by atoms with Crippen molar-refractivity contribution < 1.29 is 4.79 Å². The van der Waals surface area contributed by atoms with Crippen LogP contribution < -0.4 is 10.6 Å². The normalized spacial score (nSPS) is 10.3. The van der Waals surface area contributed by atoms with Gasteiger partial charge < -0.3 is 10.6 Å². The Morgan fingerprint density at radius 3 is 2.56 bits per heavy atom. The zero-order valence-corrected chi connectivity index (χ0v) is 9.45. The van der Waals surface area contributed by atoms with Crippen LogP contribution in [0.3, 0.4) is 0 Å². The van der Waals surface area contributed by atoms with Gasteiger partial charge in [-0.2, -0.15) is 5.26 Å². The Morgan fingerprint density at radius 2 is 2.00 bits per heavy atom. The Labute approximate surface area is 95.3 Å². The van der Waals surface area contributed by atoms with Crippen LogP contribution in [-0.4, -0.2) is 11.6 Å². The molecule has 0 aliphatic rings. The molecule has 0 bridgehead atoms. The maximum atomic E-state index is 11.4. The van der Waals surface area contributed by atoms with E-state index >= 15 is 0 Å². The smallest absolute Gasteiger partial charge is 0.316 e. The largest absolute Gasteiger partial charge is 0.334 e. The van der Waals surface area contributed by atoms with Crippen LogP contribution in [0.4, 0.5) is 4.79 Å². The molecule has 0 heterocycles. The van der Waals surface area contributed by atoms with Crippen molar-refractivity contribution in [1.29, 1.82) is 5.26 Å². The van der Waals surface area contributed by atoms with E-state index in [0.29, 0.717) is 6.54 Å². The van der Waals surface area contributed by atoms with Crippen molar-refractivity contribution in [2.24, 2.45) is 0 Å². The molecule has 0 aliphatic heterocycles. The number of rotatable bonds is 3. The second-order valence-electron chi connectivity index (χ2n) is 4.03. The molecule has 2 amide bonds. The fourth-order valence-electron chi connectivity index (χ4n) is 1.13. The number of nitriles is 1. The number of carbonyl (C=O) groups excluding carboxylic acids is 1. The highest BCUT2D eigenvalue weighted by Gasteiger charge is 2.18. The van der Waals surface area contributed by atoms with E-state index in [4.69, 9.17) is 5.26 Å². The molecule has 0 saturated carbocycles. The first-order chi connectivity index (χ1) is 7.53. The van der Waals surface area contributed by atoms with Crippen LogP contribution in [0.25, 0.3) is 0 Å². The van der Waals surface area contributed by atoms with Gasteiger partial charge in [-0.15, -0.1) is 0 Å². The summed E-state index contributed by atoms with van der Waals surface area (Å²) in [5, 5.41) is 14.0. The van der Waals surface area contributed by atoms with Crippen molar-refractivity contribution >= 4 is 6.03 Å². The summed E-state index contributed by atoms with van der Waals surface area (Å²) in [6.45, 7) is 3.75. The first kappa shape index (κ1) is 12.1. The van der Waals surface area contributed by atoms with E-state index in [1.165, 1.54) is 0 Å². The lowest BCUT2D eigenvalue weighted by molar-refractivity contribution is 0.234. The highest BCUT2D eigenvalue weighted by atomic mass is 16.2. The lowest BCUT2D eigenvalue weighted by atomic mass is 10.1.